The smallest absolute Gasteiger partial charge is 0.200 e. The number of hydrogen-bond acceptors (Lipinski definition) is 5. The molecule has 0 saturated heterocycles. The zero-order valence-corrected chi connectivity index (χ0v) is 23.8. The van der Waals surface area contributed by atoms with Crippen molar-refractivity contribution in [1.82, 2.24) is 30.2 Å². The van der Waals surface area contributed by atoms with Crippen LogP contribution in [0.3, 0.4) is 0 Å². The second-order valence-corrected chi connectivity index (χ2v) is 10.5. The van der Waals surface area contributed by atoms with E-state index in [2.05, 4.69) is 98.0 Å². The minimum absolute atomic E-state index is 0.328. The molecule has 0 aliphatic heterocycles. The fourth-order valence-corrected chi connectivity index (χ4v) is 6.07. The van der Waals surface area contributed by atoms with Gasteiger partial charge in [-0.15, -0.1) is 5.10 Å². The van der Waals surface area contributed by atoms with Crippen molar-refractivity contribution in [1.29, 1.82) is 0 Å². The fourth-order valence-electron chi connectivity index (χ4n) is 6.07. The van der Waals surface area contributed by atoms with Crippen LogP contribution >= 0.6 is 0 Å². The van der Waals surface area contributed by atoms with Crippen molar-refractivity contribution in [2.24, 2.45) is 0 Å². The molecule has 5 aromatic carbocycles. The number of nitrogens with zero attached hydrogens (tertiary/aromatic N) is 5. The molecule has 0 bridgehead atoms. The van der Waals surface area contributed by atoms with Crippen molar-refractivity contribution in [3.8, 4) is 22.6 Å². The molecule has 0 radical (unpaired) electrons. The molecule has 0 atom stereocenters. The number of carbonyl (C=O) groups is 1. The van der Waals surface area contributed by atoms with E-state index < -0.39 is 5.54 Å². The minimum Gasteiger partial charge on any atom is -0.306 e. The maximum absolute atomic E-state index is 13.2. The van der Waals surface area contributed by atoms with E-state index in [-0.39, 0.29) is 0 Å². The third-order valence-corrected chi connectivity index (χ3v) is 8.00. The van der Waals surface area contributed by atoms with E-state index in [4.69, 9.17) is 4.98 Å². The summed E-state index contributed by atoms with van der Waals surface area (Å²) in [6, 6.07) is 49.5. The van der Waals surface area contributed by atoms with Crippen molar-refractivity contribution >= 4 is 6.29 Å². The van der Waals surface area contributed by atoms with Gasteiger partial charge in [0.15, 0.2) is 12.1 Å². The van der Waals surface area contributed by atoms with Crippen LogP contribution in [0.5, 0.6) is 0 Å². The number of carbonyl (C=O) groups excluding carboxylic acids is 1. The van der Waals surface area contributed by atoms with E-state index in [9.17, 15) is 4.79 Å². The summed E-state index contributed by atoms with van der Waals surface area (Å²) in [5.74, 6) is 1.03. The van der Waals surface area contributed by atoms with E-state index in [0.717, 1.165) is 39.7 Å². The van der Waals surface area contributed by atoms with Gasteiger partial charge in [0.2, 0.25) is 0 Å². The van der Waals surface area contributed by atoms with Crippen LogP contribution in [0.1, 0.15) is 38.6 Å². The average molecular weight is 573 g/mol. The van der Waals surface area contributed by atoms with E-state index in [1.165, 1.54) is 0 Å². The second-order valence-electron chi connectivity index (χ2n) is 10.5. The summed E-state index contributed by atoms with van der Waals surface area (Å²) in [6.07, 6.45) is 1.32. The first kappa shape index (κ1) is 26.9. The largest absolute Gasteiger partial charge is 0.306 e. The number of aromatic nitrogens is 6. The van der Waals surface area contributed by atoms with Crippen molar-refractivity contribution in [2.45, 2.75) is 12.0 Å². The maximum atomic E-state index is 13.2. The van der Waals surface area contributed by atoms with Crippen LogP contribution in [0, 0.1) is 0 Å². The molecule has 0 aliphatic carbocycles. The van der Waals surface area contributed by atoms with E-state index in [0.29, 0.717) is 29.5 Å². The first-order valence-corrected chi connectivity index (χ1v) is 14.4. The number of H-pyrrole nitrogens is 1. The molecule has 7 aromatic rings. The molecule has 0 amide bonds. The number of nitrogens with one attached hydrogen (secondary N) is 1. The molecular weight excluding hydrogens is 544 g/mol. The van der Waals surface area contributed by atoms with Crippen LogP contribution in [0.15, 0.2) is 146 Å². The standard InChI is InChI=1S/C37H28N6O/c44-26-33-35(36-39-41-42-40-36)38-34(25-27-21-23-29(24-22-27)28-13-5-1-6-14-28)43(33)37(30-15-7-2-8-16-30,31-17-9-3-10-18-31)32-19-11-4-12-20-32/h1-24,26H,25H2,(H,39,40,41,42). The normalized spacial score (nSPS) is 11.4. The van der Waals surface area contributed by atoms with Gasteiger partial charge in [0.1, 0.15) is 22.8 Å². The third kappa shape index (κ3) is 4.70. The molecule has 0 spiro atoms. The number of imidazole rings is 1. The topological polar surface area (TPSA) is 89.3 Å². The highest BCUT2D eigenvalue weighted by molar-refractivity contribution is 5.83. The zero-order valence-electron chi connectivity index (χ0n) is 23.8. The molecule has 44 heavy (non-hydrogen) atoms. The number of benzene rings is 5. The minimum atomic E-state index is -0.946. The molecule has 212 valence electrons. The van der Waals surface area contributed by atoms with Crippen molar-refractivity contribution in [3.63, 3.8) is 0 Å². The first-order valence-electron chi connectivity index (χ1n) is 14.4. The third-order valence-electron chi connectivity index (χ3n) is 8.00. The molecule has 0 aliphatic rings. The van der Waals surface area contributed by atoms with Gasteiger partial charge < -0.3 is 4.57 Å². The van der Waals surface area contributed by atoms with E-state index >= 15 is 0 Å². The van der Waals surface area contributed by atoms with Gasteiger partial charge in [-0.2, -0.15) is 0 Å². The summed E-state index contributed by atoms with van der Waals surface area (Å²) in [5, 5.41) is 14.5. The van der Waals surface area contributed by atoms with Gasteiger partial charge in [-0.05, 0) is 43.8 Å². The summed E-state index contributed by atoms with van der Waals surface area (Å²) in [7, 11) is 0. The Morgan fingerprint density at radius 1 is 0.636 bits per heavy atom. The van der Waals surface area contributed by atoms with Gasteiger partial charge in [-0.3, -0.25) is 4.79 Å². The molecule has 2 aromatic heterocycles. The van der Waals surface area contributed by atoms with Gasteiger partial charge >= 0.3 is 0 Å². The van der Waals surface area contributed by atoms with Crippen LogP contribution in [-0.2, 0) is 12.0 Å². The van der Waals surface area contributed by atoms with Gasteiger partial charge in [-0.1, -0.05) is 146 Å². The van der Waals surface area contributed by atoms with Crippen molar-refractivity contribution in [3.05, 3.63) is 179 Å². The van der Waals surface area contributed by atoms with Gasteiger partial charge in [0.25, 0.3) is 0 Å². The predicted molar refractivity (Wildman–Crippen MR) is 170 cm³/mol. The maximum Gasteiger partial charge on any atom is 0.200 e. The van der Waals surface area contributed by atoms with Crippen LogP contribution < -0.4 is 0 Å². The Balaban J connectivity index is 1.51. The number of aromatic amines is 1. The zero-order chi connectivity index (χ0) is 29.8. The van der Waals surface area contributed by atoms with E-state index in [1.807, 2.05) is 72.8 Å². The molecule has 7 heteroatoms. The SMILES string of the molecule is O=Cc1c(-c2nnn[nH]2)nc(Cc2ccc(-c3ccccc3)cc2)n1C(c1ccccc1)(c1ccccc1)c1ccccc1. The Morgan fingerprint density at radius 3 is 1.61 bits per heavy atom. The number of rotatable bonds is 9. The summed E-state index contributed by atoms with van der Waals surface area (Å²) in [4.78, 5) is 18.3. The lowest BCUT2D eigenvalue weighted by atomic mass is 9.76. The highest BCUT2D eigenvalue weighted by atomic mass is 16.1. The number of hydrogen-bond donors (Lipinski definition) is 1. The molecule has 0 unspecified atom stereocenters. The first-order chi connectivity index (χ1) is 21.8. The quantitative estimate of drug-likeness (QED) is 0.149. The molecule has 2 heterocycles. The molecule has 0 fully saturated rings. The second kappa shape index (κ2) is 11.7. The number of tetrazole rings is 1. The van der Waals surface area contributed by atoms with Crippen molar-refractivity contribution in [2.75, 3.05) is 0 Å². The lowest BCUT2D eigenvalue weighted by Crippen LogP contribution is -2.40. The highest BCUT2D eigenvalue weighted by Gasteiger charge is 2.42. The molecular formula is C37H28N6O. The molecule has 0 saturated carbocycles. The summed E-state index contributed by atoms with van der Waals surface area (Å²) < 4.78 is 2.07. The summed E-state index contributed by atoms with van der Waals surface area (Å²) in [6.45, 7) is 0. The Kier molecular flexibility index (Phi) is 7.18. The number of aldehydes is 1. The summed E-state index contributed by atoms with van der Waals surface area (Å²) in [5.41, 5.74) is 6.12. The highest BCUT2D eigenvalue weighted by Crippen LogP contribution is 2.44. The van der Waals surface area contributed by atoms with Crippen LogP contribution in [-0.4, -0.2) is 36.5 Å². The predicted octanol–water partition coefficient (Wildman–Crippen LogP) is 6.97. The monoisotopic (exact) mass is 572 g/mol. The Hall–Kier alpha value is -5.95. The lowest BCUT2D eigenvalue weighted by Gasteiger charge is -2.39. The molecule has 7 rings (SSSR count). The van der Waals surface area contributed by atoms with Crippen LogP contribution in [0.25, 0.3) is 22.6 Å². The Labute approximate surface area is 254 Å². The van der Waals surface area contributed by atoms with Gasteiger partial charge in [-0.25, -0.2) is 10.1 Å². The average Bonchev–Trinajstić information content (AvgIpc) is 3.76. The molecule has 1 N–H and O–H groups in total. The fraction of sp³-hybridized carbons (Fsp3) is 0.0541. The Bertz CT molecular complexity index is 1870. The van der Waals surface area contributed by atoms with Crippen LogP contribution in [0.4, 0.5) is 0 Å². The summed E-state index contributed by atoms with van der Waals surface area (Å²) >= 11 is 0. The van der Waals surface area contributed by atoms with Gasteiger partial charge in [0.05, 0.1) is 0 Å². The van der Waals surface area contributed by atoms with E-state index in [1.54, 1.807) is 0 Å². The van der Waals surface area contributed by atoms with Crippen LogP contribution in [0.2, 0.25) is 0 Å². The van der Waals surface area contributed by atoms with Gasteiger partial charge in [0, 0.05) is 6.42 Å². The van der Waals surface area contributed by atoms with Crippen molar-refractivity contribution < 1.29 is 4.79 Å². The molecule has 7 nitrogen and oxygen atoms in total. The Morgan fingerprint density at radius 2 is 1.14 bits per heavy atom. The lowest BCUT2D eigenvalue weighted by molar-refractivity contribution is 0.111.